The molecule has 63 heavy (non-hydrogen) atoms. The highest BCUT2D eigenvalue weighted by Gasteiger charge is 2.20. The van der Waals surface area contributed by atoms with Crippen molar-refractivity contribution >= 4 is 43.6 Å². The van der Waals surface area contributed by atoms with Gasteiger partial charge in [0.1, 0.15) is 11.3 Å². The molecule has 3 heterocycles. The zero-order chi connectivity index (χ0) is 41.7. The monoisotopic (exact) mass is 803 g/mol. The van der Waals surface area contributed by atoms with E-state index in [9.17, 15) is 0 Å². The first-order valence-corrected chi connectivity index (χ1v) is 21.2. The molecule has 12 aromatic rings. The summed E-state index contributed by atoms with van der Waals surface area (Å²) in [6.45, 7) is 0. The van der Waals surface area contributed by atoms with Crippen molar-refractivity contribution in [2.24, 2.45) is 0 Å². The van der Waals surface area contributed by atoms with Gasteiger partial charge in [0.05, 0.1) is 16.9 Å². The molecule has 0 N–H and O–H groups in total. The Kier molecular flexibility index (Phi) is 8.79. The van der Waals surface area contributed by atoms with E-state index >= 15 is 0 Å². The number of benzene rings is 9. The van der Waals surface area contributed by atoms with Gasteiger partial charge in [0, 0.05) is 38.4 Å². The fraction of sp³-hybridized carbons (Fsp3) is 0. The fourth-order valence-corrected chi connectivity index (χ4v) is 8.94. The topological polar surface area (TPSA) is 51.8 Å². The Balaban J connectivity index is 0.942. The van der Waals surface area contributed by atoms with E-state index in [4.69, 9.17) is 19.4 Å². The maximum atomic E-state index is 6.62. The van der Waals surface area contributed by atoms with Gasteiger partial charge < -0.3 is 4.42 Å². The standard InChI is InChI=1S/C59H37N3O/c1-3-14-38(15-4-1)39-28-30-41(31-29-39)52-37-53(62-59(61-52)42-17-5-2-6-18-42)47-23-12-22-45(35-47)43-20-11-21-44(34-43)46-32-33-50-54(36-46)60-57(49-26-13-19-40-16-7-8-24-48(40)49)58-56(50)51-25-9-10-27-55(51)63-58/h1-37H. The molecule has 0 aliphatic carbocycles. The third-order valence-electron chi connectivity index (χ3n) is 12.1. The lowest BCUT2D eigenvalue weighted by Crippen LogP contribution is -1.96. The van der Waals surface area contributed by atoms with Gasteiger partial charge in [0.2, 0.25) is 0 Å². The average Bonchev–Trinajstić information content (AvgIpc) is 3.76. The highest BCUT2D eigenvalue weighted by Crippen LogP contribution is 2.42. The Labute approximate surface area is 364 Å². The van der Waals surface area contributed by atoms with Crippen LogP contribution in [0.2, 0.25) is 0 Å². The average molecular weight is 804 g/mol. The first-order chi connectivity index (χ1) is 31.2. The van der Waals surface area contributed by atoms with E-state index in [-0.39, 0.29) is 0 Å². The molecule has 0 saturated carbocycles. The van der Waals surface area contributed by atoms with Gasteiger partial charge >= 0.3 is 0 Å². The van der Waals surface area contributed by atoms with Gasteiger partial charge in [-0.3, -0.25) is 0 Å². The van der Waals surface area contributed by atoms with Crippen LogP contribution in [-0.4, -0.2) is 15.0 Å². The molecule has 4 heteroatoms. The van der Waals surface area contributed by atoms with Crippen molar-refractivity contribution in [2.75, 3.05) is 0 Å². The van der Waals surface area contributed by atoms with Gasteiger partial charge in [0.15, 0.2) is 11.4 Å². The van der Waals surface area contributed by atoms with Crippen molar-refractivity contribution in [3.05, 3.63) is 224 Å². The smallest absolute Gasteiger partial charge is 0.162 e. The number of para-hydroxylation sites is 1. The van der Waals surface area contributed by atoms with Crippen LogP contribution in [-0.2, 0) is 0 Å². The molecule has 0 atom stereocenters. The quantitative estimate of drug-likeness (QED) is 0.161. The summed E-state index contributed by atoms with van der Waals surface area (Å²) in [6, 6.07) is 78.6. The second-order valence-electron chi connectivity index (χ2n) is 16.0. The van der Waals surface area contributed by atoms with Crippen molar-refractivity contribution in [1.82, 2.24) is 15.0 Å². The van der Waals surface area contributed by atoms with Crippen LogP contribution in [0.1, 0.15) is 0 Å². The van der Waals surface area contributed by atoms with Gasteiger partial charge in [0.25, 0.3) is 0 Å². The zero-order valence-corrected chi connectivity index (χ0v) is 34.1. The highest BCUT2D eigenvalue weighted by atomic mass is 16.3. The molecular formula is C59H37N3O. The Morgan fingerprint density at radius 3 is 1.60 bits per heavy atom. The van der Waals surface area contributed by atoms with E-state index < -0.39 is 0 Å². The molecule has 0 spiro atoms. The Morgan fingerprint density at radius 1 is 0.317 bits per heavy atom. The van der Waals surface area contributed by atoms with Crippen LogP contribution >= 0.6 is 0 Å². The van der Waals surface area contributed by atoms with Crippen molar-refractivity contribution in [2.45, 2.75) is 0 Å². The maximum absolute atomic E-state index is 6.62. The fourth-order valence-electron chi connectivity index (χ4n) is 8.94. The lowest BCUT2D eigenvalue weighted by Gasteiger charge is -2.12. The van der Waals surface area contributed by atoms with Crippen molar-refractivity contribution in [3.63, 3.8) is 0 Å². The summed E-state index contributed by atoms with van der Waals surface area (Å²) < 4.78 is 6.62. The van der Waals surface area contributed by atoms with Crippen LogP contribution in [0.3, 0.4) is 0 Å². The van der Waals surface area contributed by atoms with E-state index in [0.717, 1.165) is 99.8 Å². The summed E-state index contributed by atoms with van der Waals surface area (Å²) in [5.41, 5.74) is 16.0. The number of pyridine rings is 1. The summed E-state index contributed by atoms with van der Waals surface area (Å²) >= 11 is 0. The molecule has 9 aromatic carbocycles. The zero-order valence-electron chi connectivity index (χ0n) is 34.1. The predicted octanol–water partition coefficient (Wildman–Crippen LogP) is 15.7. The Hall–Kier alpha value is -8.47. The Morgan fingerprint density at radius 2 is 0.841 bits per heavy atom. The van der Waals surface area contributed by atoms with Crippen LogP contribution in [0.15, 0.2) is 229 Å². The minimum absolute atomic E-state index is 0.692. The third-order valence-corrected chi connectivity index (χ3v) is 12.1. The second-order valence-corrected chi connectivity index (χ2v) is 16.0. The number of rotatable bonds is 7. The minimum Gasteiger partial charge on any atom is -0.454 e. The largest absolute Gasteiger partial charge is 0.454 e. The number of furan rings is 1. The highest BCUT2D eigenvalue weighted by molar-refractivity contribution is 6.22. The number of nitrogens with zero attached hydrogens (tertiary/aromatic N) is 3. The number of hydrogen-bond donors (Lipinski definition) is 0. The van der Waals surface area contributed by atoms with Crippen LogP contribution in [0, 0.1) is 0 Å². The predicted molar refractivity (Wildman–Crippen MR) is 260 cm³/mol. The van der Waals surface area contributed by atoms with Crippen LogP contribution in [0.5, 0.6) is 0 Å². The van der Waals surface area contributed by atoms with E-state index in [1.165, 1.54) is 16.5 Å². The molecule has 0 amide bonds. The van der Waals surface area contributed by atoms with Gasteiger partial charge in [-0.25, -0.2) is 15.0 Å². The molecule has 0 aliphatic heterocycles. The molecule has 0 bridgehead atoms. The summed E-state index contributed by atoms with van der Waals surface area (Å²) in [7, 11) is 0. The van der Waals surface area contributed by atoms with Crippen LogP contribution in [0.25, 0.3) is 122 Å². The summed E-state index contributed by atoms with van der Waals surface area (Å²) in [5.74, 6) is 0.692. The molecule has 0 radical (unpaired) electrons. The van der Waals surface area contributed by atoms with Gasteiger partial charge in [-0.05, 0) is 74.5 Å². The third kappa shape index (κ3) is 6.62. The van der Waals surface area contributed by atoms with Crippen molar-refractivity contribution < 1.29 is 4.42 Å². The van der Waals surface area contributed by atoms with E-state index in [1.807, 2.05) is 36.4 Å². The van der Waals surface area contributed by atoms with Gasteiger partial charge in [-0.1, -0.05) is 194 Å². The minimum atomic E-state index is 0.692. The van der Waals surface area contributed by atoms with E-state index in [1.54, 1.807) is 0 Å². The normalized spacial score (nSPS) is 11.5. The summed E-state index contributed by atoms with van der Waals surface area (Å²) in [4.78, 5) is 15.6. The SMILES string of the molecule is c1ccc(-c2ccc(-c3cc(-c4cccc(-c5cccc(-c6ccc7c(c6)nc(-c6cccc8ccccc68)c6oc8ccccc8c67)c5)c4)nc(-c4ccccc4)n3)cc2)cc1. The van der Waals surface area contributed by atoms with Crippen molar-refractivity contribution in [1.29, 1.82) is 0 Å². The molecule has 12 rings (SSSR count). The first-order valence-electron chi connectivity index (χ1n) is 21.2. The lowest BCUT2D eigenvalue weighted by molar-refractivity contribution is 0.669. The number of hydrogen-bond acceptors (Lipinski definition) is 4. The first kappa shape index (κ1) is 36.4. The van der Waals surface area contributed by atoms with E-state index in [2.05, 4.69) is 188 Å². The van der Waals surface area contributed by atoms with E-state index in [0.29, 0.717) is 5.82 Å². The number of fused-ring (bicyclic) bond motifs is 6. The van der Waals surface area contributed by atoms with Gasteiger partial charge in [-0.2, -0.15) is 0 Å². The molecule has 0 unspecified atom stereocenters. The molecule has 3 aromatic heterocycles. The molecule has 294 valence electrons. The molecule has 0 fully saturated rings. The molecule has 0 saturated heterocycles. The lowest BCUT2D eigenvalue weighted by atomic mass is 9.95. The Bertz CT molecular complexity index is 3660. The molecular weight excluding hydrogens is 767 g/mol. The second kappa shape index (κ2) is 15.2. The number of aromatic nitrogens is 3. The van der Waals surface area contributed by atoms with Crippen LogP contribution < -0.4 is 0 Å². The van der Waals surface area contributed by atoms with Crippen LogP contribution in [0.4, 0.5) is 0 Å². The molecule has 4 nitrogen and oxygen atoms in total. The van der Waals surface area contributed by atoms with Gasteiger partial charge in [-0.15, -0.1) is 0 Å². The summed E-state index contributed by atoms with van der Waals surface area (Å²) in [5, 5.41) is 5.55. The summed E-state index contributed by atoms with van der Waals surface area (Å²) in [6.07, 6.45) is 0. The molecule has 0 aliphatic rings. The maximum Gasteiger partial charge on any atom is 0.162 e. The van der Waals surface area contributed by atoms with Crippen molar-refractivity contribution in [3.8, 4) is 78.5 Å².